The highest BCUT2D eigenvalue weighted by atomic mass is 32.2. The van der Waals surface area contributed by atoms with Crippen LogP contribution in [0.1, 0.15) is 38.5 Å². The first-order valence-corrected chi connectivity index (χ1v) is 15.5. The van der Waals surface area contributed by atoms with Crippen LogP contribution in [0.4, 0.5) is 30.5 Å². The molecule has 0 radical (unpaired) electrons. The summed E-state index contributed by atoms with van der Waals surface area (Å²) in [5.41, 5.74) is 1.93. The molecule has 0 aromatic carbocycles. The van der Waals surface area contributed by atoms with E-state index in [9.17, 15) is 26.7 Å². The Kier molecular flexibility index (Phi) is 7.81. The van der Waals surface area contributed by atoms with E-state index in [1.54, 1.807) is 12.1 Å². The molecule has 2 fully saturated rings. The summed E-state index contributed by atoms with van der Waals surface area (Å²) in [5.74, 6) is 1.24. The van der Waals surface area contributed by atoms with Crippen LogP contribution in [-0.2, 0) is 16.6 Å². The van der Waals surface area contributed by atoms with Gasteiger partial charge in [0.05, 0.1) is 28.9 Å². The van der Waals surface area contributed by atoms with Crippen LogP contribution in [0.5, 0.6) is 0 Å². The molecule has 2 atom stereocenters. The van der Waals surface area contributed by atoms with Crippen molar-refractivity contribution in [3.05, 3.63) is 49.2 Å². The van der Waals surface area contributed by atoms with Gasteiger partial charge in [-0.05, 0) is 50.2 Å². The maximum absolute atomic E-state index is 12.9. The van der Waals surface area contributed by atoms with Crippen LogP contribution >= 0.6 is 0 Å². The summed E-state index contributed by atoms with van der Waals surface area (Å²) < 4.78 is 65.7. The molecule has 2 saturated carbocycles. The second-order valence-corrected chi connectivity index (χ2v) is 13.0. The number of hydrogen-bond donors (Lipinski definition) is 3. The van der Waals surface area contributed by atoms with Gasteiger partial charge in [0.1, 0.15) is 18.2 Å². The Hall–Kier alpha value is -4.05. The summed E-state index contributed by atoms with van der Waals surface area (Å²) in [5, 5.41) is 24.0. The fourth-order valence-corrected chi connectivity index (χ4v) is 6.69. The molecule has 4 aromatic rings. The zero-order chi connectivity index (χ0) is 30.2. The fraction of sp³-hybridized carbons (Fsp3) is 0.444. The van der Waals surface area contributed by atoms with E-state index in [1.165, 1.54) is 37.1 Å². The van der Waals surface area contributed by atoms with Crippen LogP contribution < -0.4 is 10.6 Å². The molecule has 6 rings (SSSR count). The van der Waals surface area contributed by atoms with Gasteiger partial charge in [-0.25, -0.2) is 23.4 Å². The van der Waals surface area contributed by atoms with Crippen LogP contribution in [0, 0.1) is 5.92 Å². The van der Waals surface area contributed by atoms with Gasteiger partial charge in [0, 0.05) is 48.6 Å². The fourth-order valence-electron chi connectivity index (χ4n) is 5.21. The van der Waals surface area contributed by atoms with Crippen molar-refractivity contribution < 1.29 is 26.7 Å². The zero-order valence-corrected chi connectivity index (χ0v) is 23.8. The third-order valence-electron chi connectivity index (χ3n) is 7.50. The molecule has 0 aliphatic heterocycles. The molecule has 16 heteroatoms. The van der Waals surface area contributed by atoms with Gasteiger partial charge >= 0.3 is 6.18 Å². The lowest BCUT2D eigenvalue weighted by molar-refractivity contribution is -0.142. The summed E-state index contributed by atoms with van der Waals surface area (Å²) >= 11 is 0. The maximum atomic E-state index is 12.9. The SMILES string of the molecule is O=S(=O)(C1CC1)n1cc(-c2nccc(Nc3cc(N[C@H]4CCC[C@H](CO)C4)c(-c4ccn(CC(F)(F)F)n4)cn3)n2)cn1. The minimum absolute atomic E-state index is 0.0475. The summed E-state index contributed by atoms with van der Waals surface area (Å²) in [4.78, 5) is 13.2. The number of aliphatic hydroxyl groups is 1. The molecule has 12 nitrogen and oxygen atoms in total. The largest absolute Gasteiger partial charge is 0.408 e. The molecule has 0 bridgehead atoms. The number of nitrogens with one attached hydrogen (secondary N) is 2. The average Bonchev–Trinajstić information content (AvgIpc) is 3.55. The summed E-state index contributed by atoms with van der Waals surface area (Å²) in [6, 6.07) is 4.93. The second-order valence-electron chi connectivity index (χ2n) is 10.9. The predicted molar refractivity (Wildman–Crippen MR) is 152 cm³/mol. The van der Waals surface area contributed by atoms with Gasteiger partial charge in [0.15, 0.2) is 5.82 Å². The summed E-state index contributed by atoms with van der Waals surface area (Å²) in [6.07, 6.45) is 7.47. The van der Waals surface area contributed by atoms with E-state index in [-0.39, 0.29) is 24.4 Å². The second kappa shape index (κ2) is 11.6. The minimum atomic E-state index is -4.40. The predicted octanol–water partition coefficient (Wildman–Crippen LogP) is 4.21. The van der Waals surface area contributed by atoms with E-state index in [0.717, 1.165) is 34.5 Å². The van der Waals surface area contributed by atoms with Gasteiger partial charge < -0.3 is 15.7 Å². The van der Waals surface area contributed by atoms with Crippen molar-refractivity contribution >= 4 is 27.3 Å². The Bertz CT molecular complexity index is 1700. The highest BCUT2D eigenvalue weighted by Crippen LogP contribution is 2.34. The first-order chi connectivity index (χ1) is 20.6. The van der Waals surface area contributed by atoms with Crippen molar-refractivity contribution in [1.82, 2.24) is 33.9 Å². The van der Waals surface area contributed by atoms with E-state index in [0.29, 0.717) is 47.0 Å². The number of nitrogens with zero attached hydrogens (tertiary/aromatic N) is 7. The first-order valence-electron chi connectivity index (χ1n) is 13.9. The van der Waals surface area contributed by atoms with Crippen molar-refractivity contribution in [3.63, 3.8) is 0 Å². The number of aromatic nitrogens is 7. The highest BCUT2D eigenvalue weighted by molar-refractivity contribution is 7.90. The molecule has 43 heavy (non-hydrogen) atoms. The number of alkyl halides is 3. The Morgan fingerprint density at radius 2 is 1.91 bits per heavy atom. The van der Waals surface area contributed by atoms with E-state index in [1.807, 2.05) is 0 Å². The molecule has 228 valence electrons. The van der Waals surface area contributed by atoms with Crippen LogP contribution in [0.3, 0.4) is 0 Å². The number of halogens is 3. The van der Waals surface area contributed by atoms with Crippen molar-refractivity contribution in [3.8, 4) is 22.6 Å². The molecule has 0 spiro atoms. The number of anilines is 3. The lowest BCUT2D eigenvalue weighted by atomic mass is 9.86. The number of hydrogen-bond acceptors (Lipinski definition) is 10. The highest BCUT2D eigenvalue weighted by Gasteiger charge is 2.37. The van der Waals surface area contributed by atoms with Gasteiger partial charge in [-0.3, -0.25) is 4.68 Å². The molecule has 0 unspecified atom stereocenters. The molecule has 4 heterocycles. The van der Waals surface area contributed by atoms with Gasteiger partial charge in [0.25, 0.3) is 10.0 Å². The van der Waals surface area contributed by atoms with E-state index in [2.05, 4.69) is 35.8 Å². The molecule has 2 aliphatic carbocycles. The molecular weight excluding hydrogens is 587 g/mol. The van der Waals surface area contributed by atoms with Gasteiger partial charge in [-0.2, -0.15) is 27.5 Å². The van der Waals surface area contributed by atoms with Crippen LogP contribution in [-0.4, -0.2) is 71.5 Å². The molecule has 0 saturated heterocycles. The molecule has 4 aromatic heterocycles. The maximum Gasteiger partial charge on any atom is 0.408 e. The first kappa shape index (κ1) is 29.0. The monoisotopic (exact) mass is 617 g/mol. The standard InChI is InChI=1S/C27H30F3N9O3S/c28-27(29,30)16-38-9-7-22(37-38)21-13-32-25(11-23(21)34-19-3-1-2-17(10-19)15-40)35-24-6-8-31-26(36-24)18-12-33-39(14-18)43(41,42)20-4-5-20/h6-9,11-14,17,19-20,40H,1-5,10,15-16H2,(H2,31,32,34,35,36)/t17-,19-/m0/s1. The van der Waals surface area contributed by atoms with E-state index < -0.39 is 28.0 Å². The number of rotatable bonds is 10. The lowest BCUT2D eigenvalue weighted by Gasteiger charge is -2.30. The van der Waals surface area contributed by atoms with Crippen molar-refractivity contribution in [2.45, 2.75) is 62.5 Å². The Morgan fingerprint density at radius 1 is 1.07 bits per heavy atom. The smallest absolute Gasteiger partial charge is 0.396 e. The zero-order valence-electron chi connectivity index (χ0n) is 22.9. The average molecular weight is 618 g/mol. The van der Waals surface area contributed by atoms with Gasteiger partial charge in [-0.1, -0.05) is 6.42 Å². The molecule has 2 aliphatic rings. The third kappa shape index (κ3) is 6.80. The van der Waals surface area contributed by atoms with Crippen molar-refractivity contribution in [2.24, 2.45) is 5.92 Å². The van der Waals surface area contributed by atoms with Gasteiger partial charge in [-0.15, -0.1) is 0 Å². The van der Waals surface area contributed by atoms with Crippen LogP contribution in [0.15, 0.2) is 49.2 Å². The molecule has 3 N–H and O–H groups in total. The van der Waals surface area contributed by atoms with Crippen molar-refractivity contribution in [1.29, 1.82) is 0 Å². The van der Waals surface area contributed by atoms with E-state index in [4.69, 9.17) is 0 Å². The molecule has 0 amide bonds. The topological polar surface area (TPSA) is 153 Å². The van der Waals surface area contributed by atoms with E-state index >= 15 is 0 Å². The Balaban J connectivity index is 1.26. The number of aliphatic hydroxyl groups excluding tert-OH is 1. The number of pyridine rings is 1. The van der Waals surface area contributed by atoms with Gasteiger partial charge in [0.2, 0.25) is 0 Å². The Morgan fingerprint density at radius 3 is 2.67 bits per heavy atom. The van der Waals surface area contributed by atoms with Crippen LogP contribution in [0.25, 0.3) is 22.6 Å². The quantitative estimate of drug-likeness (QED) is 0.236. The van der Waals surface area contributed by atoms with Crippen LogP contribution in [0.2, 0.25) is 0 Å². The summed E-state index contributed by atoms with van der Waals surface area (Å²) in [6.45, 7) is -1.11. The Labute approximate surface area is 245 Å². The lowest BCUT2D eigenvalue weighted by Crippen LogP contribution is -2.29. The summed E-state index contributed by atoms with van der Waals surface area (Å²) in [7, 11) is -3.53. The minimum Gasteiger partial charge on any atom is -0.396 e. The molecular formula is C27H30F3N9O3S. The third-order valence-corrected chi connectivity index (χ3v) is 9.53. The van der Waals surface area contributed by atoms with Crippen molar-refractivity contribution in [2.75, 3.05) is 17.2 Å². The normalized spacial score (nSPS) is 19.3.